The van der Waals surface area contributed by atoms with Crippen LogP contribution in [0, 0.1) is 12.3 Å². The standard InChI is InChI=1S/C26H48P2.C5H11.ClH.Pt/c1-5-13-23(14-6-1)27(24-15-7-2-8-16-24)21-22-28(25-17-9-3-10-18-25)26-19-11-4-12-20-26;1-5(2,3)4;;/h23-26H,1-22H2;1H2,2-4H3;1H;/q;-1;;+2/p-1. The Morgan fingerprint density at radius 3 is 0.857 bits per heavy atom. The van der Waals surface area contributed by atoms with Crippen LogP contribution in [0.5, 0.6) is 0 Å². The van der Waals surface area contributed by atoms with E-state index in [1.165, 1.54) is 22.6 Å². The number of rotatable bonds is 7. The second-order valence-electron chi connectivity index (χ2n) is 13.2. The average molecular weight is 724 g/mol. The normalized spacial score (nSPS) is 24.0. The molecule has 0 radical (unpaired) electrons. The Morgan fingerprint density at radius 2 is 0.686 bits per heavy atom. The SMILES string of the molecule is C1CCC(P(CCP(C2CCCCC2)C2CCCCC2)C2CCCCC2)CC1.[CH2-]C(C)(C)C.[Cl][Pt+]. The fraction of sp³-hybridized carbons (Fsp3) is 0.968. The predicted molar refractivity (Wildman–Crippen MR) is 162 cm³/mol. The van der Waals surface area contributed by atoms with Crippen molar-refractivity contribution >= 4 is 25.3 Å². The molecule has 4 rings (SSSR count). The van der Waals surface area contributed by atoms with E-state index in [1.54, 1.807) is 160 Å². The summed E-state index contributed by atoms with van der Waals surface area (Å²) in [6.07, 6.45) is 35.1. The molecule has 0 amide bonds. The first kappa shape index (κ1) is 33.0. The molecule has 0 bridgehead atoms. The van der Waals surface area contributed by atoms with Crippen molar-refractivity contribution in [2.24, 2.45) is 5.41 Å². The number of halogens is 1. The van der Waals surface area contributed by atoms with E-state index in [2.05, 4.69) is 37.1 Å². The van der Waals surface area contributed by atoms with Crippen LogP contribution in [0.3, 0.4) is 0 Å². The maximum atomic E-state index is 4.61. The van der Waals surface area contributed by atoms with Gasteiger partial charge in [-0.25, -0.2) is 0 Å². The van der Waals surface area contributed by atoms with Crippen LogP contribution in [0.2, 0.25) is 0 Å². The second kappa shape index (κ2) is 19.0. The minimum absolute atomic E-state index is 0.250. The van der Waals surface area contributed by atoms with E-state index in [9.17, 15) is 0 Å². The molecule has 4 aliphatic rings. The van der Waals surface area contributed by atoms with Crippen LogP contribution in [0.15, 0.2) is 0 Å². The van der Waals surface area contributed by atoms with Gasteiger partial charge in [0.25, 0.3) is 0 Å². The summed E-state index contributed by atoms with van der Waals surface area (Å²) in [4.78, 5) is 0. The molecule has 210 valence electrons. The second-order valence-corrected chi connectivity index (χ2v) is 19.1. The molecular formula is C31H59ClP2Pt. The maximum absolute atomic E-state index is 4.61. The molecule has 0 unspecified atom stereocenters. The van der Waals surface area contributed by atoms with Crippen molar-refractivity contribution in [2.75, 3.05) is 12.3 Å². The van der Waals surface area contributed by atoms with Gasteiger partial charge in [0.1, 0.15) is 0 Å². The topological polar surface area (TPSA) is 0 Å². The summed E-state index contributed by atoms with van der Waals surface area (Å²) in [6.45, 7) is 10.0. The van der Waals surface area contributed by atoms with Gasteiger partial charge in [0.05, 0.1) is 0 Å². The van der Waals surface area contributed by atoms with E-state index in [4.69, 9.17) is 0 Å². The Morgan fingerprint density at radius 1 is 0.514 bits per heavy atom. The van der Waals surface area contributed by atoms with Crippen LogP contribution in [0.4, 0.5) is 0 Å². The summed E-state index contributed by atoms with van der Waals surface area (Å²) in [7, 11) is 5.30. The van der Waals surface area contributed by atoms with Crippen LogP contribution < -0.4 is 0 Å². The first-order chi connectivity index (χ1) is 16.9. The third kappa shape index (κ3) is 13.6. The van der Waals surface area contributed by atoms with Gasteiger partial charge in [0, 0.05) is 0 Å². The summed E-state index contributed by atoms with van der Waals surface area (Å²) in [5.41, 5.74) is 4.98. The van der Waals surface area contributed by atoms with E-state index in [1.807, 2.05) is 0 Å². The van der Waals surface area contributed by atoms with E-state index >= 15 is 0 Å². The van der Waals surface area contributed by atoms with Gasteiger partial charge in [-0.3, -0.25) is 0 Å². The molecule has 0 aliphatic heterocycles. The summed E-state index contributed by atoms with van der Waals surface area (Å²) in [5.74, 6) is 0. The molecule has 0 spiro atoms. The molecular weight excluding hydrogens is 665 g/mol. The van der Waals surface area contributed by atoms with Crippen molar-refractivity contribution in [1.29, 1.82) is 0 Å². The Kier molecular flexibility index (Phi) is 17.9. The molecule has 0 aromatic rings. The van der Waals surface area contributed by atoms with E-state index in [-0.39, 0.29) is 5.41 Å². The number of hydrogen-bond acceptors (Lipinski definition) is 0. The molecule has 0 aromatic heterocycles. The molecule has 35 heavy (non-hydrogen) atoms. The summed E-state index contributed by atoms with van der Waals surface area (Å²) >= 11 is 1.61. The molecule has 4 aliphatic carbocycles. The fourth-order valence-corrected chi connectivity index (χ4v) is 15.8. The van der Waals surface area contributed by atoms with Gasteiger partial charge in [0.2, 0.25) is 0 Å². The molecule has 0 N–H and O–H groups in total. The zero-order valence-corrected chi connectivity index (χ0v) is 28.5. The van der Waals surface area contributed by atoms with Crippen molar-refractivity contribution in [2.45, 2.75) is 172 Å². The third-order valence-corrected chi connectivity index (χ3v) is 16.4. The quantitative estimate of drug-likeness (QED) is 0.181. The molecule has 0 saturated heterocycles. The summed E-state index contributed by atoms with van der Waals surface area (Å²) in [6, 6.07) is 0. The Labute approximate surface area is 239 Å². The molecule has 4 fully saturated rings. The molecule has 0 aromatic carbocycles. The first-order valence-corrected chi connectivity index (χ1v) is 21.6. The third-order valence-electron chi connectivity index (χ3n) is 8.79. The predicted octanol–water partition coefficient (Wildman–Crippen LogP) is 11.8. The number of hydrogen-bond donors (Lipinski definition) is 0. The van der Waals surface area contributed by atoms with E-state index in [0.29, 0.717) is 15.8 Å². The summed E-state index contributed by atoms with van der Waals surface area (Å²) in [5, 5.41) is 0. The van der Waals surface area contributed by atoms with Crippen molar-refractivity contribution in [3.05, 3.63) is 6.92 Å². The van der Waals surface area contributed by atoms with Crippen LogP contribution in [0.25, 0.3) is 0 Å². The Hall–Kier alpha value is 1.84. The monoisotopic (exact) mass is 723 g/mol. The van der Waals surface area contributed by atoms with Gasteiger partial charge in [-0.15, -0.1) is 0 Å². The van der Waals surface area contributed by atoms with Gasteiger partial charge in [-0.2, -0.15) is 5.41 Å². The van der Waals surface area contributed by atoms with Gasteiger partial charge in [0.15, 0.2) is 0 Å². The van der Waals surface area contributed by atoms with Crippen LogP contribution in [-0.2, 0) is 18.8 Å². The van der Waals surface area contributed by atoms with Gasteiger partial charge >= 0.3 is 28.2 Å². The molecule has 4 saturated carbocycles. The van der Waals surface area contributed by atoms with Crippen molar-refractivity contribution in [3.63, 3.8) is 0 Å². The van der Waals surface area contributed by atoms with E-state index < -0.39 is 0 Å². The first-order valence-electron chi connectivity index (χ1n) is 15.4. The molecule has 0 atom stereocenters. The van der Waals surface area contributed by atoms with Gasteiger partial charge in [-0.1, -0.05) is 114 Å². The fourth-order valence-electron chi connectivity index (χ4n) is 7.21. The van der Waals surface area contributed by atoms with Crippen molar-refractivity contribution in [3.8, 4) is 0 Å². The molecule has 4 heteroatoms. The van der Waals surface area contributed by atoms with Crippen LogP contribution >= 0.6 is 25.3 Å². The van der Waals surface area contributed by atoms with Gasteiger partial charge < -0.3 is 6.92 Å². The zero-order chi connectivity index (χ0) is 25.5. The Balaban J connectivity index is 0.000000551. The molecule has 0 heterocycles. The zero-order valence-electron chi connectivity index (χ0n) is 23.7. The van der Waals surface area contributed by atoms with Crippen molar-refractivity contribution in [1.82, 2.24) is 0 Å². The van der Waals surface area contributed by atoms with E-state index in [0.717, 1.165) is 0 Å². The minimum atomic E-state index is 0.250. The Bertz CT molecular complexity index is 417. The van der Waals surface area contributed by atoms with Crippen LogP contribution in [-0.4, -0.2) is 35.0 Å². The van der Waals surface area contributed by atoms with Crippen molar-refractivity contribution < 1.29 is 18.8 Å². The summed E-state index contributed by atoms with van der Waals surface area (Å²) < 4.78 is 0. The average Bonchev–Trinajstić information content (AvgIpc) is 2.89. The molecule has 0 nitrogen and oxygen atoms in total. The van der Waals surface area contributed by atoms with Crippen LogP contribution in [0.1, 0.15) is 149 Å². The van der Waals surface area contributed by atoms with Gasteiger partial charge in [-0.05, 0) is 86.3 Å².